The van der Waals surface area contributed by atoms with Gasteiger partial charge < -0.3 is 15.3 Å². The zero-order valence-electron chi connectivity index (χ0n) is 15.1. The van der Waals surface area contributed by atoms with Gasteiger partial charge in [0.1, 0.15) is 5.82 Å². The summed E-state index contributed by atoms with van der Waals surface area (Å²) in [5, 5.41) is 11.5. The van der Waals surface area contributed by atoms with Crippen molar-refractivity contribution in [3.63, 3.8) is 0 Å². The van der Waals surface area contributed by atoms with E-state index in [4.69, 9.17) is 5.11 Å². The number of carboxylic acid groups (broad SMARTS) is 1. The van der Waals surface area contributed by atoms with E-state index in [-0.39, 0.29) is 23.8 Å². The van der Waals surface area contributed by atoms with Crippen molar-refractivity contribution in [2.45, 2.75) is 26.2 Å². The molecule has 2 aromatic rings. The molecule has 1 amide bonds. The van der Waals surface area contributed by atoms with Crippen LogP contribution in [0, 0.1) is 18.7 Å². The average molecular weight is 371 g/mol. The highest BCUT2D eigenvalue weighted by Gasteiger charge is 2.26. The second-order valence-corrected chi connectivity index (χ2v) is 6.79. The number of anilines is 2. The summed E-state index contributed by atoms with van der Waals surface area (Å²) in [5.41, 5.74) is 2.69. The van der Waals surface area contributed by atoms with Crippen molar-refractivity contribution < 1.29 is 19.1 Å². The van der Waals surface area contributed by atoms with Gasteiger partial charge in [-0.2, -0.15) is 0 Å². The Labute approximate surface area is 157 Å². The Bertz CT molecular complexity index is 848. The molecule has 1 aromatic carbocycles. The summed E-state index contributed by atoms with van der Waals surface area (Å²) in [6, 6.07) is 6.09. The van der Waals surface area contributed by atoms with Gasteiger partial charge in [-0.25, -0.2) is 4.39 Å². The van der Waals surface area contributed by atoms with Gasteiger partial charge in [0, 0.05) is 42.8 Å². The van der Waals surface area contributed by atoms with Crippen molar-refractivity contribution >= 4 is 23.3 Å². The molecule has 2 heterocycles. The van der Waals surface area contributed by atoms with E-state index in [9.17, 15) is 14.0 Å². The van der Waals surface area contributed by atoms with Crippen LogP contribution in [0.4, 0.5) is 15.8 Å². The van der Waals surface area contributed by atoms with Crippen molar-refractivity contribution in [1.82, 2.24) is 4.98 Å². The van der Waals surface area contributed by atoms with E-state index >= 15 is 0 Å². The highest BCUT2D eigenvalue weighted by Crippen LogP contribution is 2.26. The molecule has 7 heteroatoms. The van der Waals surface area contributed by atoms with Crippen LogP contribution in [0.1, 0.15) is 24.0 Å². The summed E-state index contributed by atoms with van der Waals surface area (Å²) in [7, 11) is 0. The van der Waals surface area contributed by atoms with Crippen LogP contribution in [0.2, 0.25) is 0 Å². The highest BCUT2D eigenvalue weighted by atomic mass is 19.1. The molecule has 2 N–H and O–H groups in total. The van der Waals surface area contributed by atoms with Gasteiger partial charge in [0.05, 0.1) is 6.42 Å². The third kappa shape index (κ3) is 4.61. The Morgan fingerprint density at radius 3 is 2.67 bits per heavy atom. The number of benzene rings is 1. The number of amides is 1. The van der Waals surface area contributed by atoms with Crippen LogP contribution in [0.3, 0.4) is 0 Å². The smallest absolute Gasteiger partial charge is 0.307 e. The Morgan fingerprint density at radius 1 is 1.30 bits per heavy atom. The van der Waals surface area contributed by atoms with E-state index in [1.165, 1.54) is 18.2 Å². The minimum absolute atomic E-state index is 0.0986. The first kappa shape index (κ1) is 18.8. The summed E-state index contributed by atoms with van der Waals surface area (Å²) < 4.78 is 14.0. The van der Waals surface area contributed by atoms with Crippen LogP contribution in [-0.2, 0) is 16.0 Å². The molecular weight excluding hydrogens is 349 g/mol. The fraction of sp³-hybridized carbons (Fsp3) is 0.350. The molecule has 0 unspecified atom stereocenters. The molecule has 1 aliphatic rings. The Morgan fingerprint density at radius 2 is 2.04 bits per heavy atom. The molecule has 0 saturated carbocycles. The van der Waals surface area contributed by atoms with Gasteiger partial charge in [-0.05, 0) is 49.1 Å². The van der Waals surface area contributed by atoms with Gasteiger partial charge in [-0.15, -0.1) is 0 Å². The third-order valence-corrected chi connectivity index (χ3v) is 4.86. The molecule has 0 aliphatic carbocycles. The second-order valence-electron chi connectivity index (χ2n) is 6.79. The SMILES string of the molecule is Cc1cnccc1N1CCC(C(=O)Nc2ccc(CC(=O)O)c(F)c2)CC1. The zero-order valence-corrected chi connectivity index (χ0v) is 15.1. The lowest BCUT2D eigenvalue weighted by Crippen LogP contribution is -2.38. The lowest BCUT2D eigenvalue weighted by Gasteiger charge is -2.33. The number of hydrogen-bond acceptors (Lipinski definition) is 4. The molecule has 1 aromatic heterocycles. The van der Waals surface area contributed by atoms with E-state index in [0.717, 1.165) is 24.3 Å². The first-order valence-electron chi connectivity index (χ1n) is 8.90. The van der Waals surface area contributed by atoms with E-state index in [1.807, 2.05) is 19.2 Å². The maximum atomic E-state index is 14.0. The van der Waals surface area contributed by atoms with Crippen LogP contribution >= 0.6 is 0 Å². The van der Waals surface area contributed by atoms with Crippen LogP contribution in [0.5, 0.6) is 0 Å². The van der Waals surface area contributed by atoms with Gasteiger partial charge in [-0.1, -0.05) is 6.07 Å². The molecule has 1 saturated heterocycles. The predicted molar refractivity (Wildman–Crippen MR) is 100 cm³/mol. The molecular formula is C20H22FN3O3. The number of carbonyl (C=O) groups is 2. The standard InChI is InChI=1S/C20H22FN3O3/c1-13-12-22-7-4-18(13)24-8-5-14(6-9-24)20(27)23-16-3-2-15(10-19(25)26)17(21)11-16/h2-4,7,11-12,14H,5-6,8-10H2,1H3,(H,23,27)(H,25,26). The Balaban J connectivity index is 1.57. The summed E-state index contributed by atoms with van der Waals surface area (Å²) in [6.45, 7) is 3.56. The maximum Gasteiger partial charge on any atom is 0.307 e. The van der Waals surface area contributed by atoms with Crippen LogP contribution in [0.25, 0.3) is 0 Å². The number of carbonyl (C=O) groups excluding carboxylic acids is 1. The topological polar surface area (TPSA) is 82.5 Å². The molecule has 0 radical (unpaired) electrons. The minimum atomic E-state index is -1.10. The largest absolute Gasteiger partial charge is 0.481 e. The van der Waals surface area contributed by atoms with Crippen molar-refractivity contribution in [3.05, 3.63) is 53.6 Å². The summed E-state index contributed by atoms with van der Waals surface area (Å²) in [4.78, 5) is 29.5. The number of nitrogens with one attached hydrogen (secondary N) is 1. The quantitative estimate of drug-likeness (QED) is 0.844. The summed E-state index contributed by atoms with van der Waals surface area (Å²) in [5.74, 6) is -1.99. The first-order chi connectivity index (χ1) is 12.9. The normalized spacial score (nSPS) is 14.8. The highest BCUT2D eigenvalue weighted by molar-refractivity contribution is 5.92. The molecule has 0 bridgehead atoms. The van der Waals surface area contributed by atoms with Gasteiger partial charge in [-0.3, -0.25) is 14.6 Å². The molecule has 1 aliphatic heterocycles. The number of aryl methyl sites for hydroxylation is 1. The molecule has 0 atom stereocenters. The number of piperidine rings is 1. The van der Waals surface area contributed by atoms with Gasteiger partial charge in [0.25, 0.3) is 0 Å². The number of aliphatic carboxylic acids is 1. The average Bonchev–Trinajstić information content (AvgIpc) is 2.64. The fourth-order valence-corrected chi connectivity index (χ4v) is 3.38. The molecule has 27 heavy (non-hydrogen) atoms. The summed E-state index contributed by atoms with van der Waals surface area (Å²) in [6.07, 6.45) is 4.65. The van der Waals surface area contributed by atoms with Gasteiger partial charge in [0.15, 0.2) is 0 Å². The van der Waals surface area contributed by atoms with Crippen molar-refractivity contribution in [2.75, 3.05) is 23.3 Å². The predicted octanol–water partition coefficient (Wildman–Crippen LogP) is 3.01. The molecule has 142 valence electrons. The minimum Gasteiger partial charge on any atom is -0.481 e. The summed E-state index contributed by atoms with van der Waals surface area (Å²) >= 11 is 0. The number of rotatable bonds is 5. The lowest BCUT2D eigenvalue weighted by atomic mass is 9.95. The number of halogens is 1. The molecule has 0 spiro atoms. The van der Waals surface area contributed by atoms with Gasteiger partial charge in [0.2, 0.25) is 5.91 Å². The van der Waals surface area contributed by atoms with Crippen LogP contribution in [0.15, 0.2) is 36.7 Å². The van der Waals surface area contributed by atoms with E-state index in [0.29, 0.717) is 18.5 Å². The monoisotopic (exact) mass is 371 g/mol. The first-order valence-corrected chi connectivity index (χ1v) is 8.90. The molecule has 6 nitrogen and oxygen atoms in total. The van der Waals surface area contributed by atoms with E-state index < -0.39 is 11.8 Å². The number of nitrogens with zero attached hydrogens (tertiary/aromatic N) is 2. The molecule has 3 rings (SSSR count). The van der Waals surface area contributed by atoms with Crippen LogP contribution < -0.4 is 10.2 Å². The van der Waals surface area contributed by atoms with E-state index in [1.54, 1.807) is 6.20 Å². The number of pyridine rings is 1. The van der Waals surface area contributed by atoms with Crippen molar-refractivity contribution in [2.24, 2.45) is 5.92 Å². The van der Waals surface area contributed by atoms with Crippen molar-refractivity contribution in [1.29, 1.82) is 0 Å². The zero-order chi connectivity index (χ0) is 19.4. The third-order valence-electron chi connectivity index (χ3n) is 4.86. The lowest BCUT2D eigenvalue weighted by molar-refractivity contribution is -0.136. The van der Waals surface area contributed by atoms with E-state index in [2.05, 4.69) is 15.2 Å². The number of hydrogen-bond donors (Lipinski definition) is 2. The second kappa shape index (κ2) is 8.16. The molecule has 1 fully saturated rings. The Kier molecular flexibility index (Phi) is 5.69. The van der Waals surface area contributed by atoms with Crippen molar-refractivity contribution in [3.8, 4) is 0 Å². The Hall–Kier alpha value is -2.96. The maximum absolute atomic E-state index is 14.0. The van der Waals surface area contributed by atoms with Crippen LogP contribution in [-0.4, -0.2) is 35.1 Å². The number of aromatic nitrogens is 1. The fourth-order valence-electron chi connectivity index (χ4n) is 3.38. The van der Waals surface area contributed by atoms with Gasteiger partial charge >= 0.3 is 5.97 Å². The number of carboxylic acids is 1.